The second kappa shape index (κ2) is 7.25. The largest absolute Gasteiger partial charge is 0.355 e. The van der Waals surface area contributed by atoms with Crippen molar-refractivity contribution in [3.05, 3.63) is 77.9 Å². The molecule has 0 saturated carbocycles. The summed E-state index contributed by atoms with van der Waals surface area (Å²) in [6.07, 6.45) is 0. The van der Waals surface area contributed by atoms with E-state index in [2.05, 4.69) is 22.0 Å². The summed E-state index contributed by atoms with van der Waals surface area (Å²) >= 11 is 2.86. The number of thioether (sulfide) groups is 1. The lowest BCUT2D eigenvalue weighted by Gasteiger charge is -2.35. The van der Waals surface area contributed by atoms with Crippen LogP contribution in [0.1, 0.15) is 18.1 Å². The van der Waals surface area contributed by atoms with E-state index in [4.69, 9.17) is 4.18 Å². The molecule has 0 bridgehead atoms. The van der Waals surface area contributed by atoms with Crippen molar-refractivity contribution in [2.24, 2.45) is 0 Å². The van der Waals surface area contributed by atoms with Crippen LogP contribution in [0.25, 0.3) is 10.2 Å². The number of benzene rings is 3. The number of aromatic nitrogens is 1. The van der Waals surface area contributed by atoms with E-state index >= 15 is 0 Å². The number of nitrogens with zero attached hydrogens (tertiary/aromatic N) is 2. The summed E-state index contributed by atoms with van der Waals surface area (Å²) in [5, 5.41) is 0.119. The van der Waals surface area contributed by atoms with Gasteiger partial charge in [0.05, 0.1) is 15.9 Å². The minimum absolute atomic E-state index is 0.119. The number of anilines is 1. The lowest BCUT2D eigenvalue weighted by molar-refractivity contribution is 0.482. The number of rotatable bonds is 4. The van der Waals surface area contributed by atoms with Crippen LogP contribution in [-0.4, -0.2) is 20.4 Å². The number of aryl methyl sites for hydroxylation is 1. The second-order valence-corrected chi connectivity index (χ2v) is 11.5. The maximum absolute atomic E-state index is 13.4. The summed E-state index contributed by atoms with van der Waals surface area (Å²) in [7, 11) is -2.09. The molecule has 1 aromatic heterocycles. The third kappa shape index (κ3) is 3.39. The molecule has 0 amide bonds. The molecule has 5 nitrogen and oxygen atoms in total. The molecular formula is C23H20N2O3S3. The molecule has 1 aliphatic rings. The first kappa shape index (κ1) is 20.4. The SMILES string of the molecule is Cc1ccc(S(=O)(=O)Oc2nc3ccccc3s2)c(C2(C)Sc3ccccc3N2C)c1. The molecule has 0 spiro atoms. The van der Waals surface area contributed by atoms with Crippen molar-refractivity contribution in [2.75, 3.05) is 11.9 Å². The molecule has 3 aromatic carbocycles. The Hall–Kier alpha value is -2.55. The van der Waals surface area contributed by atoms with Gasteiger partial charge in [0.1, 0.15) is 9.77 Å². The molecule has 0 fully saturated rings. The molecule has 158 valence electrons. The van der Waals surface area contributed by atoms with Gasteiger partial charge in [-0.15, -0.1) is 0 Å². The quantitative estimate of drug-likeness (QED) is 0.354. The van der Waals surface area contributed by atoms with Crippen molar-refractivity contribution in [1.29, 1.82) is 0 Å². The molecule has 1 atom stereocenters. The van der Waals surface area contributed by atoms with Crippen molar-refractivity contribution in [2.45, 2.75) is 28.5 Å². The molecule has 0 aliphatic carbocycles. The first-order valence-electron chi connectivity index (χ1n) is 9.71. The maximum Gasteiger partial charge on any atom is 0.341 e. The number of hydrogen-bond acceptors (Lipinski definition) is 7. The highest BCUT2D eigenvalue weighted by molar-refractivity contribution is 8.00. The number of fused-ring (bicyclic) bond motifs is 2. The van der Waals surface area contributed by atoms with Gasteiger partial charge in [0, 0.05) is 17.5 Å². The Morgan fingerprint density at radius 3 is 2.55 bits per heavy atom. The number of hydrogen-bond donors (Lipinski definition) is 0. The molecule has 4 aromatic rings. The summed E-state index contributed by atoms with van der Waals surface area (Å²) in [5.74, 6) is 0. The first-order chi connectivity index (χ1) is 14.8. The van der Waals surface area contributed by atoms with Crippen molar-refractivity contribution in [1.82, 2.24) is 4.98 Å². The fraction of sp³-hybridized carbons (Fsp3) is 0.174. The van der Waals surface area contributed by atoms with Gasteiger partial charge < -0.3 is 9.08 Å². The summed E-state index contributed by atoms with van der Waals surface area (Å²) in [6, 6.07) is 21.0. The van der Waals surface area contributed by atoms with Crippen LogP contribution in [0, 0.1) is 6.92 Å². The second-order valence-electron chi connectivity index (χ2n) is 7.60. The van der Waals surface area contributed by atoms with Gasteiger partial charge >= 0.3 is 10.1 Å². The van der Waals surface area contributed by atoms with Crippen molar-refractivity contribution in [3.8, 4) is 5.19 Å². The van der Waals surface area contributed by atoms with Crippen LogP contribution < -0.4 is 9.08 Å². The average molecular weight is 469 g/mol. The van der Waals surface area contributed by atoms with Gasteiger partial charge in [-0.3, -0.25) is 0 Å². The van der Waals surface area contributed by atoms with E-state index in [1.807, 2.05) is 63.4 Å². The zero-order valence-corrected chi connectivity index (χ0v) is 19.6. The third-order valence-electron chi connectivity index (χ3n) is 5.53. The van der Waals surface area contributed by atoms with Crippen LogP contribution in [0.5, 0.6) is 5.19 Å². The van der Waals surface area contributed by atoms with E-state index in [9.17, 15) is 8.42 Å². The summed E-state index contributed by atoms with van der Waals surface area (Å²) < 4.78 is 33.2. The van der Waals surface area contributed by atoms with Gasteiger partial charge in [0.15, 0.2) is 0 Å². The van der Waals surface area contributed by atoms with Gasteiger partial charge in [-0.25, -0.2) is 4.98 Å². The standard InChI is InChI=1S/C23H20N2O3S3/c1-15-12-13-21(31(26,27)28-22-24-17-8-4-6-10-19(17)29-22)16(14-15)23(2)25(3)18-9-5-7-11-20(18)30-23/h4-14H,1-3H3. The third-order valence-corrected chi connectivity index (χ3v) is 9.28. The van der Waals surface area contributed by atoms with Crippen LogP contribution in [-0.2, 0) is 15.0 Å². The Morgan fingerprint density at radius 2 is 1.77 bits per heavy atom. The van der Waals surface area contributed by atoms with E-state index in [0.29, 0.717) is 5.56 Å². The molecule has 31 heavy (non-hydrogen) atoms. The van der Waals surface area contributed by atoms with Gasteiger partial charge in [-0.2, -0.15) is 8.42 Å². The maximum atomic E-state index is 13.4. The van der Waals surface area contributed by atoms with Gasteiger partial charge in [0.2, 0.25) is 0 Å². The lowest BCUT2D eigenvalue weighted by Crippen LogP contribution is -2.36. The highest BCUT2D eigenvalue weighted by Crippen LogP contribution is 2.55. The number of para-hydroxylation sites is 2. The topological polar surface area (TPSA) is 59.5 Å². The van der Waals surface area contributed by atoms with E-state index < -0.39 is 15.0 Å². The van der Waals surface area contributed by atoms with Crippen molar-refractivity contribution in [3.63, 3.8) is 0 Å². The van der Waals surface area contributed by atoms with Crippen molar-refractivity contribution >= 4 is 49.1 Å². The van der Waals surface area contributed by atoms with Crippen LogP contribution in [0.4, 0.5) is 5.69 Å². The van der Waals surface area contributed by atoms with Gasteiger partial charge in [-0.05, 0) is 44.2 Å². The average Bonchev–Trinajstić information content (AvgIpc) is 3.26. The van der Waals surface area contributed by atoms with Crippen molar-refractivity contribution < 1.29 is 12.6 Å². The highest BCUT2D eigenvalue weighted by atomic mass is 32.2. The van der Waals surface area contributed by atoms with Gasteiger partial charge in [0.25, 0.3) is 5.19 Å². The van der Waals surface area contributed by atoms with E-state index in [-0.39, 0.29) is 10.1 Å². The predicted molar refractivity (Wildman–Crippen MR) is 127 cm³/mol. The minimum atomic E-state index is -4.09. The van der Waals surface area contributed by atoms with Crippen LogP contribution in [0.2, 0.25) is 0 Å². The lowest BCUT2D eigenvalue weighted by atomic mass is 10.0. The fourth-order valence-electron chi connectivity index (χ4n) is 3.82. The molecule has 8 heteroatoms. The monoisotopic (exact) mass is 468 g/mol. The van der Waals surface area contributed by atoms with E-state index in [0.717, 1.165) is 26.4 Å². The molecule has 0 N–H and O–H groups in total. The highest BCUT2D eigenvalue weighted by Gasteiger charge is 2.43. The van der Waals surface area contributed by atoms with Crippen LogP contribution in [0.15, 0.2) is 76.5 Å². The molecular weight excluding hydrogens is 448 g/mol. The fourth-order valence-corrected chi connectivity index (χ4v) is 7.46. The molecule has 1 aliphatic heterocycles. The predicted octanol–water partition coefficient (Wildman–Crippen LogP) is 5.79. The molecule has 0 radical (unpaired) electrons. The van der Waals surface area contributed by atoms with Crippen LogP contribution >= 0.6 is 23.1 Å². The Bertz CT molecular complexity index is 1380. The zero-order valence-electron chi connectivity index (χ0n) is 17.2. The van der Waals surface area contributed by atoms with Crippen LogP contribution in [0.3, 0.4) is 0 Å². The summed E-state index contributed by atoms with van der Waals surface area (Å²) in [5.41, 5.74) is 3.47. The zero-order chi connectivity index (χ0) is 21.8. The smallest absolute Gasteiger partial charge is 0.341 e. The molecule has 1 unspecified atom stereocenters. The molecule has 2 heterocycles. The Morgan fingerprint density at radius 1 is 1.03 bits per heavy atom. The molecule has 0 saturated heterocycles. The number of thiazole rings is 1. The van der Waals surface area contributed by atoms with Gasteiger partial charge in [-0.1, -0.05) is 65.1 Å². The minimum Gasteiger partial charge on any atom is -0.355 e. The summed E-state index contributed by atoms with van der Waals surface area (Å²) in [4.78, 5) is 7.13. The van der Waals surface area contributed by atoms with E-state index in [1.165, 1.54) is 11.3 Å². The Balaban J connectivity index is 1.59. The Labute approximate surface area is 189 Å². The van der Waals surface area contributed by atoms with E-state index in [1.54, 1.807) is 23.9 Å². The normalized spacial score (nSPS) is 18.4. The first-order valence-corrected chi connectivity index (χ1v) is 12.8. The summed E-state index contributed by atoms with van der Waals surface area (Å²) in [6.45, 7) is 4.01. The Kier molecular flexibility index (Phi) is 4.76. The molecule has 5 rings (SSSR count).